The van der Waals surface area contributed by atoms with E-state index in [4.69, 9.17) is 4.74 Å². The van der Waals surface area contributed by atoms with Crippen LogP contribution < -0.4 is 10.4 Å². The molecule has 1 N–H and O–H groups in total. The summed E-state index contributed by atoms with van der Waals surface area (Å²) >= 11 is 0. The average molecular weight is 443 g/mol. The third-order valence-corrected chi connectivity index (χ3v) is 7.77. The number of aromatic amines is 1. The van der Waals surface area contributed by atoms with Crippen LogP contribution in [0, 0.1) is 12.8 Å². The lowest BCUT2D eigenvalue weighted by atomic mass is 9.94. The molecule has 9 heteroatoms. The second-order valence-corrected chi connectivity index (χ2v) is 9.68. The molecule has 4 rings (SSSR count). The Morgan fingerprint density at radius 1 is 1.10 bits per heavy atom. The number of nitrogens with zero attached hydrogens (tertiary/aromatic N) is 3. The van der Waals surface area contributed by atoms with Crippen LogP contribution in [0.4, 0.5) is 0 Å². The molecule has 0 aliphatic carbocycles. The second-order valence-electron chi connectivity index (χ2n) is 7.77. The van der Waals surface area contributed by atoms with Crippen molar-refractivity contribution in [1.82, 2.24) is 19.1 Å². The van der Waals surface area contributed by atoms with E-state index in [-0.39, 0.29) is 16.5 Å². The molecule has 0 radical (unpaired) electrons. The molecule has 0 bridgehead atoms. The molecule has 3 aromatic rings. The minimum absolute atomic E-state index is 0.191. The largest absolute Gasteiger partial charge is 0.495 e. The predicted molar refractivity (Wildman–Crippen MR) is 117 cm³/mol. The lowest BCUT2D eigenvalue weighted by Gasteiger charge is -2.31. The number of aromatic nitrogens is 3. The summed E-state index contributed by atoms with van der Waals surface area (Å²) in [5, 5.41) is 6.80. The van der Waals surface area contributed by atoms with Gasteiger partial charge in [-0.3, -0.25) is 0 Å². The monoisotopic (exact) mass is 442 g/mol. The Morgan fingerprint density at radius 3 is 2.48 bits per heavy atom. The van der Waals surface area contributed by atoms with E-state index < -0.39 is 10.0 Å². The van der Waals surface area contributed by atoms with E-state index in [0.29, 0.717) is 43.9 Å². The molecule has 0 atom stereocenters. The third kappa shape index (κ3) is 4.15. The number of para-hydroxylation sites is 2. The van der Waals surface area contributed by atoms with Crippen LogP contribution in [0.15, 0.2) is 58.2 Å². The van der Waals surface area contributed by atoms with Gasteiger partial charge in [0.05, 0.1) is 12.8 Å². The van der Waals surface area contributed by atoms with Crippen LogP contribution in [-0.4, -0.2) is 47.7 Å². The SMILES string of the molecule is COc1ccccc1S(=O)(=O)N1CCC(Cc2n[nH]c(=O)n2-c2ccccc2C)CC1. The molecule has 8 nitrogen and oxygen atoms in total. The molecule has 1 saturated heterocycles. The zero-order valence-corrected chi connectivity index (χ0v) is 18.4. The highest BCUT2D eigenvalue weighted by atomic mass is 32.2. The van der Waals surface area contributed by atoms with Gasteiger partial charge in [0.25, 0.3) is 0 Å². The molecule has 0 saturated carbocycles. The summed E-state index contributed by atoms with van der Waals surface area (Å²) in [5.41, 5.74) is 1.54. The first kappa shape index (κ1) is 21.3. The second kappa shape index (κ2) is 8.68. The normalized spacial score (nSPS) is 15.8. The van der Waals surface area contributed by atoms with E-state index in [0.717, 1.165) is 11.3 Å². The number of nitrogens with one attached hydrogen (secondary N) is 1. The van der Waals surface area contributed by atoms with E-state index in [2.05, 4.69) is 10.2 Å². The van der Waals surface area contributed by atoms with Crippen molar-refractivity contribution in [3.63, 3.8) is 0 Å². The van der Waals surface area contributed by atoms with Crippen molar-refractivity contribution in [2.75, 3.05) is 20.2 Å². The van der Waals surface area contributed by atoms with Gasteiger partial charge in [0.2, 0.25) is 10.0 Å². The van der Waals surface area contributed by atoms with E-state index in [1.807, 2.05) is 31.2 Å². The lowest BCUT2D eigenvalue weighted by molar-refractivity contribution is 0.269. The van der Waals surface area contributed by atoms with Crippen molar-refractivity contribution in [1.29, 1.82) is 0 Å². The van der Waals surface area contributed by atoms with Crippen molar-refractivity contribution < 1.29 is 13.2 Å². The molecule has 31 heavy (non-hydrogen) atoms. The first-order valence-electron chi connectivity index (χ1n) is 10.3. The maximum Gasteiger partial charge on any atom is 0.347 e. The summed E-state index contributed by atoms with van der Waals surface area (Å²) in [7, 11) is -2.15. The molecule has 164 valence electrons. The summed E-state index contributed by atoms with van der Waals surface area (Å²) in [5.74, 6) is 1.26. The highest BCUT2D eigenvalue weighted by molar-refractivity contribution is 7.89. The van der Waals surface area contributed by atoms with Gasteiger partial charge in [-0.05, 0) is 49.4 Å². The summed E-state index contributed by atoms with van der Waals surface area (Å²) in [4.78, 5) is 12.6. The smallest absolute Gasteiger partial charge is 0.347 e. The Kier molecular flexibility index (Phi) is 5.97. The van der Waals surface area contributed by atoms with Gasteiger partial charge in [-0.2, -0.15) is 9.40 Å². The van der Waals surface area contributed by atoms with Crippen LogP contribution >= 0.6 is 0 Å². The van der Waals surface area contributed by atoms with Crippen LogP contribution in [0.2, 0.25) is 0 Å². The quantitative estimate of drug-likeness (QED) is 0.633. The van der Waals surface area contributed by atoms with Crippen LogP contribution in [0.3, 0.4) is 0 Å². The summed E-state index contributed by atoms with van der Waals surface area (Å²) in [6.07, 6.45) is 2.00. The van der Waals surface area contributed by atoms with Crippen LogP contribution in [0.1, 0.15) is 24.2 Å². The number of rotatable bonds is 6. The first-order chi connectivity index (χ1) is 14.9. The number of methoxy groups -OCH3 is 1. The minimum Gasteiger partial charge on any atom is -0.495 e. The number of hydrogen-bond donors (Lipinski definition) is 1. The first-order valence-corrected chi connectivity index (χ1v) is 11.7. The molecular weight excluding hydrogens is 416 g/mol. The highest BCUT2D eigenvalue weighted by Crippen LogP contribution is 2.30. The number of sulfonamides is 1. The fraction of sp³-hybridized carbons (Fsp3) is 0.364. The van der Waals surface area contributed by atoms with Gasteiger partial charge in [-0.1, -0.05) is 30.3 Å². The van der Waals surface area contributed by atoms with Crippen molar-refractivity contribution in [3.05, 3.63) is 70.4 Å². The predicted octanol–water partition coefficient (Wildman–Crippen LogP) is 2.52. The van der Waals surface area contributed by atoms with E-state index >= 15 is 0 Å². The summed E-state index contributed by atoms with van der Waals surface area (Å²) in [6, 6.07) is 14.4. The summed E-state index contributed by atoms with van der Waals surface area (Å²) in [6.45, 7) is 2.80. The molecular formula is C22H26N4O4S. The van der Waals surface area contributed by atoms with Crippen molar-refractivity contribution in [2.24, 2.45) is 5.92 Å². The van der Waals surface area contributed by atoms with Gasteiger partial charge in [-0.15, -0.1) is 0 Å². The third-order valence-electron chi connectivity index (χ3n) is 5.83. The number of ether oxygens (including phenoxy) is 1. The zero-order valence-electron chi connectivity index (χ0n) is 17.6. The molecule has 1 fully saturated rings. The van der Waals surface area contributed by atoms with Crippen molar-refractivity contribution in [3.8, 4) is 11.4 Å². The Labute approximate surface area is 181 Å². The maximum atomic E-state index is 13.1. The van der Waals surface area contributed by atoms with E-state index in [9.17, 15) is 13.2 Å². The molecule has 2 aromatic carbocycles. The van der Waals surface area contributed by atoms with E-state index in [1.165, 1.54) is 11.4 Å². The molecule has 1 aliphatic rings. The molecule has 1 aromatic heterocycles. The Bertz CT molecular complexity index is 1220. The fourth-order valence-corrected chi connectivity index (χ4v) is 5.74. The van der Waals surface area contributed by atoms with Crippen molar-refractivity contribution in [2.45, 2.75) is 31.1 Å². The number of piperidine rings is 1. The van der Waals surface area contributed by atoms with Gasteiger partial charge >= 0.3 is 5.69 Å². The molecule has 0 unspecified atom stereocenters. The highest BCUT2D eigenvalue weighted by Gasteiger charge is 2.32. The number of hydrogen-bond acceptors (Lipinski definition) is 5. The van der Waals surface area contributed by atoms with Crippen LogP contribution in [0.25, 0.3) is 5.69 Å². The number of H-pyrrole nitrogens is 1. The molecule has 0 amide bonds. The molecule has 2 heterocycles. The van der Waals surface area contributed by atoms with Gasteiger partial charge in [-0.25, -0.2) is 22.9 Å². The van der Waals surface area contributed by atoms with Gasteiger partial charge in [0, 0.05) is 19.5 Å². The number of benzene rings is 2. The number of aryl methyl sites for hydroxylation is 1. The Balaban J connectivity index is 1.49. The van der Waals surface area contributed by atoms with Gasteiger partial charge in [0.1, 0.15) is 16.5 Å². The minimum atomic E-state index is -3.62. The fourth-order valence-electron chi connectivity index (χ4n) is 4.11. The molecule has 0 spiro atoms. The molecule has 1 aliphatic heterocycles. The van der Waals surface area contributed by atoms with Crippen molar-refractivity contribution >= 4 is 10.0 Å². The maximum absolute atomic E-state index is 13.1. The Hall–Kier alpha value is -2.91. The van der Waals surface area contributed by atoms with Crippen LogP contribution in [0.5, 0.6) is 5.75 Å². The Morgan fingerprint density at radius 2 is 1.77 bits per heavy atom. The lowest BCUT2D eigenvalue weighted by Crippen LogP contribution is -2.39. The van der Waals surface area contributed by atoms with Gasteiger partial charge in [0.15, 0.2) is 0 Å². The average Bonchev–Trinajstić information content (AvgIpc) is 3.14. The zero-order chi connectivity index (χ0) is 22.0. The van der Waals surface area contributed by atoms with Gasteiger partial charge < -0.3 is 4.74 Å². The topological polar surface area (TPSA) is 97.3 Å². The van der Waals surface area contributed by atoms with E-state index in [1.54, 1.807) is 28.8 Å². The van der Waals surface area contributed by atoms with Crippen LogP contribution in [-0.2, 0) is 16.4 Å². The standard InChI is InChI=1S/C22H26N4O4S/c1-16-7-3-4-8-18(16)26-21(23-24-22(26)27)15-17-11-13-25(14-12-17)31(28,29)20-10-6-5-9-19(20)30-2/h3-10,17H,11-15H2,1-2H3,(H,24,27). The summed E-state index contributed by atoms with van der Waals surface area (Å²) < 4.78 is 34.6.